The average molecular weight is 249 g/mol. The van der Waals surface area contributed by atoms with Gasteiger partial charge in [0.05, 0.1) is 6.61 Å². The van der Waals surface area contributed by atoms with Crippen molar-refractivity contribution < 1.29 is 14.3 Å². The van der Waals surface area contributed by atoms with E-state index in [2.05, 4.69) is 5.32 Å². The molecule has 0 bridgehead atoms. The zero-order chi connectivity index (χ0) is 12.8. The number of methoxy groups -OCH3 is 1. The number of hydrogen-bond donors (Lipinski definition) is 1. The fourth-order valence-corrected chi connectivity index (χ4v) is 2.18. The lowest BCUT2D eigenvalue weighted by Gasteiger charge is -2.10. The molecule has 2 atom stereocenters. The van der Waals surface area contributed by atoms with Crippen molar-refractivity contribution in [1.82, 2.24) is 5.32 Å². The molecule has 0 amide bonds. The minimum atomic E-state index is -0.186. The summed E-state index contributed by atoms with van der Waals surface area (Å²) in [4.78, 5) is 11.8. The first kappa shape index (κ1) is 13.1. The Balaban J connectivity index is 1.76. The first-order valence-corrected chi connectivity index (χ1v) is 6.22. The van der Waals surface area contributed by atoms with Crippen molar-refractivity contribution in [3.05, 3.63) is 35.9 Å². The molecule has 98 valence electrons. The quantitative estimate of drug-likeness (QED) is 0.800. The largest absolute Gasteiger partial charge is 0.460 e. The maximum atomic E-state index is 11.8. The normalized spacial score (nSPS) is 22.9. The standard InChI is InChI=1S/C14H19NO3/c1-17-9-12-7-13(15-8-12)14(16)18-10-11-5-3-2-4-6-11/h2-6,12-13,15H,7-10H2,1H3/t12-,13-/m0/s1. The summed E-state index contributed by atoms with van der Waals surface area (Å²) in [5.74, 6) is 0.238. The van der Waals surface area contributed by atoms with Crippen LogP contribution < -0.4 is 5.32 Å². The number of benzene rings is 1. The Morgan fingerprint density at radius 3 is 2.89 bits per heavy atom. The second-order valence-electron chi connectivity index (χ2n) is 4.61. The molecule has 1 fully saturated rings. The van der Waals surface area contributed by atoms with E-state index in [0.717, 1.165) is 18.5 Å². The molecule has 0 radical (unpaired) electrons. The van der Waals surface area contributed by atoms with Crippen molar-refractivity contribution in [2.75, 3.05) is 20.3 Å². The number of carbonyl (C=O) groups excluding carboxylic acids is 1. The molecular formula is C14H19NO3. The Labute approximate surface area is 107 Å². The number of carbonyl (C=O) groups is 1. The second-order valence-corrected chi connectivity index (χ2v) is 4.61. The third-order valence-electron chi connectivity index (χ3n) is 3.13. The summed E-state index contributed by atoms with van der Waals surface area (Å²) in [6, 6.07) is 9.52. The summed E-state index contributed by atoms with van der Waals surface area (Å²) in [6.07, 6.45) is 0.793. The summed E-state index contributed by atoms with van der Waals surface area (Å²) in [5.41, 5.74) is 1.01. The number of ether oxygens (including phenoxy) is 2. The van der Waals surface area contributed by atoms with Gasteiger partial charge in [0.25, 0.3) is 0 Å². The van der Waals surface area contributed by atoms with E-state index in [1.165, 1.54) is 0 Å². The lowest BCUT2D eigenvalue weighted by Crippen LogP contribution is -2.32. The van der Waals surface area contributed by atoms with Crippen LogP contribution in [0.5, 0.6) is 0 Å². The molecular weight excluding hydrogens is 230 g/mol. The third kappa shape index (κ3) is 3.55. The van der Waals surface area contributed by atoms with Gasteiger partial charge >= 0.3 is 5.97 Å². The molecule has 1 aliphatic rings. The van der Waals surface area contributed by atoms with Gasteiger partial charge in [-0.1, -0.05) is 30.3 Å². The molecule has 0 spiro atoms. The third-order valence-corrected chi connectivity index (χ3v) is 3.13. The zero-order valence-corrected chi connectivity index (χ0v) is 10.6. The molecule has 0 aromatic heterocycles. The molecule has 1 aromatic carbocycles. The van der Waals surface area contributed by atoms with Gasteiger partial charge in [-0.25, -0.2) is 0 Å². The van der Waals surface area contributed by atoms with Gasteiger partial charge in [-0.3, -0.25) is 4.79 Å². The van der Waals surface area contributed by atoms with E-state index in [4.69, 9.17) is 9.47 Å². The molecule has 0 unspecified atom stereocenters. The van der Waals surface area contributed by atoms with Crippen LogP contribution in [0.3, 0.4) is 0 Å². The predicted octanol–water partition coefficient (Wildman–Crippen LogP) is 1.35. The number of esters is 1. The minimum absolute atomic E-state index is 0.169. The Morgan fingerprint density at radius 1 is 1.39 bits per heavy atom. The Morgan fingerprint density at radius 2 is 2.17 bits per heavy atom. The molecule has 0 aliphatic carbocycles. The van der Waals surface area contributed by atoms with Crippen LogP contribution in [0.2, 0.25) is 0 Å². The number of rotatable bonds is 5. The van der Waals surface area contributed by atoms with E-state index in [0.29, 0.717) is 19.1 Å². The molecule has 1 aliphatic heterocycles. The van der Waals surface area contributed by atoms with Crippen LogP contribution in [-0.2, 0) is 20.9 Å². The van der Waals surface area contributed by atoms with Gasteiger partial charge in [0.2, 0.25) is 0 Å². The van der Waals surface area contributed by atoms with Crippen LogP contribution in [0.15, 0.2) is 30.3 Å². The van der Waals surface area contributed by atoms with E-state index >= 15 is 0 Å². The molecule has 1 saturated heterocycles. The van der Waals surface area contributed by atoms with Gasteiger partial charge in [-0.15, -0.1) is 0 Å². The van der Waals surface area contributed by atoms with Gasteiger partial charge in [0, 0.05) is 13.7 Å². The van der Waals surface area contributed by atoms with E-state index in [-0.39, 0.29) is 12.0 Å². The molecule has 2 rings (SSSR count). The highest BCUT2D eigenvalue weighted by Gasteiger charge is 2.30. The van der Waals surface area contributed by atoms with Gasteiger partial charge in [0.15, 0.2) is 0 Å². The van der Waals surface area contributed by atoms with Crippen molar-refractivity contribution in [2.45, 2.75) is 19.1 Å². The maximum absolute atomic E-state index is 11.8. The number of hydrogen-bond acceptors (Lipinski definition) is 4. The van der Waals surface area contributed by atoms with Crippen LogP contribution in [0, 0.1) is 5.92 Å². The average Bonchev–Trinajstić information content (AvgIpc) is 2.86. The minimum Gasteiger partial charge on any atom is -0.460 e. The van der Waals surface area contributed by atoms with Crippen molar-refractivity contribution in [1.29, 1.82) is 0 Å². The van der Waals surface area contributed by atoms with Crippen LogP contribution in [0.25, 0.3) is 0 Å². The SMILES string of the molecule is COC[C@@H]1CN[C@H](C(=O)OCc2ccccc2)C1. The van der Waals surface area contributed by atoms with Crippen LogP contribution in [-0.4, -0.2) is 32.3 Å². The lowest BCUT2D eigenvalue weighted by molar-refractivity contribution is -0.147. The molecule has 4 nitrogen and oxygen atoms in total. The van der Waals surface area contributed by atoms with E-state index in [1.807, 2.05) is 30.3 Å². The fraction of sp³-hybridized carbons (Fsp3) is 0.500. The Bertz CT molecular complexity index is 380. The molecule has 1 aromatic rings. The summed E-state index contributed by atoms with van der Waals surface area (Å²) in [7, 11) is 1.68. The smallest absolute Gasteiger partial charge is 0.323 e. The maximum Gasteiger partial charge on any atom is 0.323 e. The van der Waals surface area contributed by atoms with E-state index in [9.17, 15) is 4.79 Å². The molecule has 0 saturated carbocycles. The fourth-order valence-electron chi connectivity index (χ4n) is 2.18. The molecule has 4 heteroatoms. The first-order valence-electron chi connectivity index (χ1n) is 6.22. The van der Waals surface area contributed by atoms with Crippen molar-refractivity contribution in [3.8, 4) is 0 Å². The highest BCUT2D eigenvalue weighted by Crippen LogP contribution is 2.15. The lowest BCUT2D eigenvalue weighted by atomic mass is 10.1. The predicted molar refractivity (Wildman–Crippen MR) is 68.0 cm³/mol. The van der Waals surface area contributed by atoms with Crippen LogP contribution >= 0.6 is 0 Å². The highest BCUT2D eigenvalue weighted by molar-refractivity contribution is 5.76. The summed E-state index contributed by atoms with van der Waals surface area (Å²) in [6.45, 7) is 1.85. The van der Waals surface area contributed by atoms with Gasteiger partial charge in [0.1, 0.15) is 12.6 Å². The molecule has 18 heavy (non-hydrogen) atoms. The summed E-state index contributed by atoms with van der Waals surface area (Å²) >= 11 is 0. The molecule has 1 N–H and O–H groups in total. The number of nitrogens with one attached hydrogen (secondary N) is 1. The van der Waals surface area contributed by atoms with Gasteiger partial charge < -0.3 is 14.8 Å². The topological polar surface area (TPSA) is 47.6 Å². The van der Waals surface area contributed by atoms with E-state index < -0.39 is 0 Å². The van der Waals surface area contributed by atoms with Crippen molar-refractivity contribution in [3.63, 3.8) is 0 Å². The van der Waals surface area contributed by atoms with E-state index in [1.54, 1.807) is 7.11 Å². The second kappa shape index (κ2) is 6.52. The molecule has 1 heterocycles. The Hall–Kier alpha value is -1.39. The monoisotopic (exact) mass is 249 g/mol. The van der Waals surface area contributed by atoms with Gasteiger partial charge in [-0.2, -0.15) is 0 Å². The zero-order valence-electron chi connectivity index (χ0n) is 10.6. The van der Waals surface area contributed by atoms with Crippen molar-refractivity contribution >= 4 is 5.97 Å². The van der Waals surface area contributed by atoms with Crippen LogP contribution in [0.1, 0.15) is 12.0 Å². The van der Waals surface area contributed by atoms with Gasteiger partial charge in [-0.05, 0) is 17.9 Å². The first-order chi connectivity index (χ1) is 8.79. The highest BCUT2D eigenvalue weighted by atomic mass is 16.5. The van der Waals surface area contributed by atoms with Crippen molar-refractivity contribution in [2.24, 2.45) is 5.92 Å². The summed E-state index contributed by atoms with van der Waals surface area (Å²) in [5, 5.41) is 3.17. The van der Waals surface area contributed by atoms with Crippen LogP contribution in [0.4, 0.5) is 0 Å². The summed E-state index contributed by atoms with van der Waals surface area (Å²) < 4.78 is 10.4. The Kier molecular flexibility index (Phi) is 4.73.